The van der Waals surface area contributed by atoms with Gasteiger partial charge in [-0.15, -0.1) is 0 Å². The summed E-state index contributed by atoms with van der Waals surface area (Å²) in [5.41, 5.74) is 2.55. The van der Waals surface area contributed by atoms with Gasteiger partial charge in [-0.3, -0.25) is 0 Å². The van der Waals surface area contributed by atoms with Crippen molar-refractivity contribution in [3.05, 3.63) is 46.0 Å². The second-order valence-electron chi connectivity index (χ2n) is 4.03. The van der Waals surface area contributed by atoms with Crippen molar-refractivity contribution in [3.63, 3.8) is 0 Å². The lowest BCUT2D eigenvalue weighted by atomic mass is 10.0. The van der Waals surface area contributed by atoms with E-state index in [0.29, 0.717) is 10.6 Å². The zero-order valence-corrected chi connectivity index (χ0v) is 9.21. The summed E-state index contributed by atoms with van der Waals surface area (Å²) in [6, 6.07) is 7.34. The molecule has 3 heteroatoms. The number of carbonyl (C=O) groups is 1. The molecule has 0 spiro atoms. The fourth-order valence-corrected chi connectivity index (χ4v) is 2.71. The Morgan fingerprint density at radius 3 is 2.75 bits per heavy atom. The van der Waals surface area contributed by atoms with E-state index in [9.17, 15) is 4.79 Å². The van der Waals surface area contributed by atoms with Crippen molar-refractivity contribution < 1.29 is 9.90 Å². The Morgan fingerprint density at radius 1 is 1.19 bits per heavy atom. The van der Waals surface area contributed by atoms with E-state index in [1.165, 1.54) is 5.56 Å². The normalized spacial score (nSPS) is 13.3. The summed E-state index contributed by atoms with van der Waals surface area (Å²) in [5, 5.41) is 11.8. The summed E-state index contributed by atoms with van der Waals surface area (Å²) >= 11 is 6.11. The third kappa shape index (κ3) is 1.17. The molecule has 0 aliphatic heterocycles. The number of aryl methyl sites for hydroxylation is 2. The van der Waals surface area contributed by atoms with Crippen LogP contribution in [0.3, 0.4) is 0 Å². The number of carboxylic acids is 1. The summed E-state index contributed by atoms with van der Waals surface area (Å²) in [6.45, 7) is 0. The lowest BCUT2D eigenvalue weighted by Gasteiger charge is -2.06. The van der Waals surface area contributed by atoms with Gasteiger partial charge in [0.05, 0.1) is 5.56 Å². The molecule has 2 nitrogen and oxygen atoms in total. The third-order valence-electron chi connectivity index (χ3n) is 3.20. The molecule has 1 aliphatic carbocycles. The first-order chi connectivity index (χ1) is 7.68. The van der Waals surface area contributed by atoms with Gasteiger partial charge in [-0.05, 0) is 41.5 Å². The van der Waals surface area contributed by atoms with E-state index in [4.69, 9.17) is 16.7 Å². The quantitative estimate of drug-likeness (QED) is 0.819. The maximum Gasteiger partial charge on any atom is 0.335 e. The molecular formula is C13H9ClO2. The van der Waals surface area contributed by atoms with E-state index in [2.05, 4.69) is 0 Å². The van der Waals surface area contributed by atoms with Gasteiger partial charge >= 0.3 is 5.97 Å². The highest BCUT2D eigenvalue weighted by Gasteiger charge is 2.21. The van der Waals surface area contributed by atoms with Crippen LogP contribution >= 0.6 is 11.6 Å². The van der Waals surface area contributed by atoms with Gasteiger partial charge in [-0.1, -0.05) is 23.7 Å². The van der Waals surface area contributed by atoms with E-state index in [1.54, 1.807) is 12.1 Å². The Bertz CT molecular complexity index is 617. The molecule has 80 valence electrons. The Hall–Kier alpha value is -1.54. The Labute approximate surface area is 97.5 Å². The molecule has 3 rings (SSSR count). The molecule has 0 unspecified atom stereocenters. The number of hydrogen-bond acceptors (Lipinski definition) is 1. The molecule has 2 aromatic carbocycles. The minimum absolute atomic E-state index is 0.411. The van der Waals surface area contributed by atoms with Crippen LogP contribution in [0, 0.1) is 0 Å². The van der Waals surface area contributed by atoms with Gasteiger partial charge in [0, 0.05) is 10.4 Å². The van der Waals surface area contributed by atoms with Gasteiger partial charge in [-0.2, -0.15) is 0 Å². The monoisotopic (exact) mass is 232 g/mol. The molecule has 0 aromatic heterocycles. The van der Waals surface area contributed by atoms with E-state index in [-0.39, 0.29) is 0 Å². The molecule has 0 bridgehead atoms. The lowest BCUT2D eigenvalue weighted by molar-refractivity contribution is 0.0696. The van der Waals surface area contributed by atoms with Crippen LogP contribution in [0.1, 0.15) is 21.5 Å². The van der Waals surface area contributed by atoms with Crippen molar-refractivity contribution in [3.8, 4) is 0 Å². The number of carboxylic acid groups (broad SMARTS) is 1. The molecule has 1 aliphatic rings. The maximum atomic E-state index is 11.1. The maximum absolute atomic E-state index is 11.1. The summed E-state index contributed by atoms with van der Waals surface area (Å²) < 4.78 is 0. The predicted molar refractivity (Wildman–Crippen MR) is 63.3 cm³/mol. The highest BCUT2D eigenvalue weighted by atomic mass is 35.5. The van der Waals surface area contributed by atoms with Crippen molar-refractivity contribution >= 4 is 28.3 Å². The van der Waals surface area contributed by atoms with Crippen LogP contribution in [0.4, 0.5) is 0 Å². The average Bonchev–Trinajstić information content (AvgIpc) is 2.68. The van der Waals surface area contributed by atoms with Gasteiger partial charge in [-0.25, -0.2) is 4.79 Å². The molecule has 0 amide bonds. The summed E-state index contributed by atoms with van der Waals surface area (Å²) in [7, 11) is 0. The zero-order chi connectivity index (χ0) is 11.3. The molecule has 0 radical (unpaired) electrons. The summed E-state index contributed by atoms with van der Waals surface area (Å²) in [4.78, 5) is 11.1. The summed E-state index contributed by atoms with van der Waals surface area (Å²) in [6.07, 6.45) is 1.71. The zero-order valence-electron chi connectivity index (χ0n) is 8.46. The molecule has 0 atom stereocenters. The topological polar surface area (TPSA) is 37.3 Å². The van der Waals surface area contributed by atoms with Gasteiger partial charge < -0.3 is 5.11 Å². The second kappa shape index (κ2) is 3.22. The van der Waals surface area contributed by atoms with Crippen molar-refractivity contribution in [2.45, 2.75) is 12.8 Å². The van der Waals surface area contributed by atoms with Crippen LogP contribution in [-0.2, 0) is 12.8 Å². The highest BCUT2D eigenvalue weighted by Crippen LogP contribution is 2.36. The molecule has 0 fully saturated rings. The molecular weight excluding hydrogens is 224 g/mol. The minimum atomic E-state index is -0.857. The third-order valence-corrected chi connectivity index (χ3v) is 3.53. The van der Waals surface area contributed by atoms with Gasteiger partial charge in [0.15, 0.2) is 0 Å². The predicted octanol–water partition coefficient (Wildman–Crippen LogP) is 3.29. The van der Waals surface area contributed by atoms with E-state index < -0.39 is 5.97 Å². The number of hydrogen-bond donors (Lipinski definition) is 1. The van der Waals surface area contributed by atoms with Crippen molar-refractivity contribution in [2.75, 3.05) is 0 Å². The van der Waals surface area contributed by atoms with E-state index in [0.717, 1.165) is 29.2 Å². The van der Waals surface area contributed by atoms with E-state index >= 15 is 0 Å². The van der Waals surface area contributed by atoms with Crippen LogP contribution in [-0.4, -0.2) is 11.1 Å². The van der Waals surface area contributed by atoms with Crippen LogP contribution in [0.2, 0.25) is 5.02 Å². The fourth-order valence-electron chi connectivity index (χ4n) is 2.49. The minimum Gasteiger partial charge on any atom is -0.478 e. The highest BCUT2D eigenvalue weighted by molar-refractivity contribution is 6.36. The van der Waals surface area contributed by atoms with Crippen molar-refractivity contribution in [1.29, 1.82) is 0 Å². The number of benzene rings is 2. The van der Waals surface area contributed by atoms with Crippen molar-refractivity contribution in [1.82, 2.24) is 0 Å². The average molecular weight is 233 g/mol. The molecule has 2 aromatic rings. The Kier molecular flexibility index (Phi) is 1.95. The molecule has 0 saturated carbocycles. The lowest BCUT2D eigenvalue weighted by Crippen LogP contribution is -2.00. The van der Waals surface area contributed by atoms with Crippen LogP contribution in [0.15, 0.2) is 24.3 Å². The SMILES string of the molecule is O=C(O)c1ccc2c(Cl)ccc3c2c1CC3. The van der Waals surface area contributed by atoms with Gasteiger partial charge in [0.25, 0.3) is 0 Å². The second-order valence-corrected chi connectivity index (χ2v) is 4.43. The first-order valence-electron chi connectivity index (χ1n) is 5.15. The van der Waals surface area contributed by atoms with Gasteiger partial charge in [0.2, 0.25) is 0 Å². The first kappa shape index (κ1) is 9.67. The molecule has 16 heavy (non-hydrogen) atoms. The largest absolute Gasteiger partial charge is 0.478 e. The number of aromatic carboxylic acids is 1. The first-order valence-corrected chi connectivity index (χ1v) is 5.52. The van der Waals surface area contributed by atoms with Crippen LogP contribution < -0.4 is 0 Å². The van der Waals surface area contributed by atoms with Crippen LogP contribution in [0.25, 0.3) is 10.8 Å². The standard InChI is InChI=1S/C13H9ClO2/c14-11-6-2-7-1-3-8-9(13(15)16)4-5-10(11)12(7)8/h2,4-6H,1,3H2,(H,15,16). The smallest absolute Gasteiger partial charge is 0.335 e. The van der Waals surface area contributed by atoms with Crippen molar-refractivity contribution in [2.24, 2.45) is 0 Å². The Morgan fingerprint density at radius 2 is 2.00 bits per heavy atom. The molecule has 0 heterocycles. The van der Waals surface area contributed by atoms with E-state index in [1.807, 2.05) is 12.1 Å². The van der Waals surface area contributed by atoms with Crippen LogP contribution in [0.5, 0.6) is 0 Å². The Balaban J connectivity index is 2.47. The number of halogens is 1. The fraction of sp³-hybridized carbons (Fsp3) is 0.154. The summed E-state index contributed by atoms with van der Waals surface area (Å²) in [5.74, 6) is -0.857. The molecule has 0 saturated heterocycles. The van der Waals surface area contributed by atoms with Gasteiger partial charge in [0.1, 0.15) is 0 Å². The number of rotatable bonds is 1. The molecule has 1 N–H and O–H groups in total.